The van der Waals surface area contributed by atoms with E-state index in [1.165, 1.54) is 11.6 Å². The number of ketones is 2. The number of alkyl halides is 3. The fraction of sp³-hybridized carbons (Fsp3) is 0.489. The standard InChI is InChI=1S/C26H30O5.C19H20F3NO2.ClH/c1-22(2)17(27)7-9-23(3)16-6-10-24(4)15(14-8-11-30-13-14)12-18-26(24,31-18)25(16,5)21(29)19(28)20(22)23;1-14(12-15-6-5-9-17(13-15)19(20,21)22)23-10-11-25-18(24)16-7-3-2-4-8-16;/h7-9,11,13,15-16,18,28H,6,10,12H2,1-5H3;2-9,13-14,23H,10-12H2,1H3;1H. The van der Waals surface area contributed by atoms with Gasteiger partial charge in [0.15, 0.2) is 11.5 Å². The van der Waals surface area contributed by atoms with E-state index in [9.17, 15) is 32.7 Å². The molecule has 1 saturated heterocycles. The average Bonchev–Trinajstić information content (AvgIpc) is 3.51. The summed E-state index contributed by atoms with van der Waals surface area (Å²) in [6, 6.07) is 16.0. The molecule has 3 aromatic rings. The minimum absolute atomic E-state index is 0. The van der Waals surface area contributed by atoms with E-state index < -0.39 is 39.6 Å². The number of Topliss-reactive ketones (excluding diaryl/α,β-unsaturated/α-hetero) is 1. The van der Waals surface area contributed by atoms with Crippen LogP contribution < -0.4 is 5.32 Å². The number of rotatable bonds is 8. The molecule has 2 N–H and O–H groups in total. The molecule has 2 saturated carbocycles. The van der Waals surface area contributed by atoms with Crippen LogP contribution in [0.25, 0.3) is 0 Å². The molecule has 5 aliphatic rings. The summed E-state index contributed by atoms with van der Waals surface area (Å²) in [6.07, 6.45) is 5.88. The van der Waals surface area contributed by atoms with Crippen LogP contribution in [0.15, 0.2) is 101 Å². The van der Waals surface area contributed by atoms with Gasteiger partial charge in [0, 0.05) is 23.4 Å². The number of carbonyl (C=O) groups is 3. The number of fused-ring (bicyclic) bond motifs is 3. The number of carbonyl (C=O) groups excluding carboxylic acids is 3. The van der Waals surface area contributed by atoms with Crippen LogP contribution in [0.2, 0.25) is 0 Å². The van der Waals surface area contributed by atoms with Crippen LogP contribution in [0.4, 0.5) is 13.2 Å². The number of ether oxygens (including phenoxy) is 2. The van der Waals surface area contributed by atoms with E-state index in [4.69, 9.17) is 13.9 Å². The van der Waals surface area contributed by atoms with E-state index in [-0.39, 0.29) is 65.7 Å². The van der Waals surface area contributed by atoms with Gasteiger partial charge < -0.3 is 24.3 Å². The van der Waals surface area contributed by atoms with E-state index >= 15 is 0 Å². The highest BCUT2D eigenvalue weighted by atomic mass is 35.5. The lowest BCUT2D eigenvalue weighted by atomic mass is 9.39. The van der Waals surface area contributed by atoms with Crippen molar-refractivity contribution in [1.29, 1.82) is 0 Å². The van der Waals surface area contributed by atoms with Crippen molar-refractivity contribution in [2.75, 3.05) is 13.2 Å². The molecule has 0 bridgehead atoms. The molecule has 12 heteroatoms. The summed E-state index contributed by atoms with van der Waals surface area (Å²) in [7, 11) is 0. The summed E-state index contributed by atoms with van der Waals surface area (Å²) in [4.78, 5) is 38.5. The summed E-state index contributed by atoms with van der Waals surface area (Å²) in [5.41, 5.74) is -0.951. The number of nitrogens with one attached hydrogen (secondary N) is 1. The fourth-order valence-electron chi connectivity index (χ4n) is 11.2. The zero-order chi connectivity index (χ0) is 40.5. The number of hydrogen-bond acceptors (Lipinski definition) is 8. The number of allylic oxidation sites excluding steroid dienone is 4. The van der Waals surface area contributed by atoms with E-state index in [0.29, 0.717) is 29.7 Å². The molecule has 2 heterocycles. The van der Waals surface area contributed by atoms with Crippen molar-refractivity contribution in [2.45, 2.75) is 97.1 Å². The molecule has 8 atom stereocenters. The average molecular weight is 810 g/mol. The Morgan fingerprint density at radius 1 is 1.04 bits per heavy atom. The van der Waals surface area contributed by atoms with E-state index in [1.807, 2.05) is 52.2 Å². The first-order valence-corrected chi connectivity index (χ1v) is 19.4. The lowest BCUT2D eigenvalue weighted by Gasteiger charge is -2.62. The predicted molar refractivity (Wildman–Crippen MR) is 210 cm³/mol. The summed E-state index contributed by atoms with van der Waals surface area (Å²) in [6.45, 7) is 12.5. The number of halogens is 4. The smallest absolute Gasteiger partial charge is 0.416 e. The van der Waals surface area contributed by atoms with Gasteiger partial charge in [0.25, 0.3) is 0 Å². The Labute approximate surface area is 337 Å². The van der Waals surface area contributed by atoms with E-state index in [2.05, 4.69) is 19.2 Å². The second-order valence-electron chi connectivity index (χ2n) is 17.3. The highest BCUT2D eigenvalue weighted by Gasteiger charge is 2.87. The summed E-state index contributed by atoms with van der Waals surface area (Å²) in [5, 5.41) is 14.5. The van der Waals surface area contributed by atoms with Crippen LogP contribution in [-0.2, 0) is 31.7 Å². The molecule has 1 aliphatic heterocycles. The van der Waals surface area contributed by atoms with Crippen molar-refractivity contribution >= 4 is 29.9 Å². The zero-order valence-electron chi connectivity index (χ0n) is 33.1. The zero-order valence-corrected chi connectivity index (χ0v) is 33.9. The maximum Gasteiger partial charge on any atom is 0.416 e. The first-order chi connectivity index (χ1) is 26.3. The maximum absolute atomic E-state index is 14.0. The molecular formula is C45H51ClF3NO7. The SMILES string of the molecule is CC(Cc1cccc(C(F)(F)F)c1)NCCOC(=O)c1ccccc1.CC1(C)C(=O)C=CC2(C)C1=C(O)C(=O)C1(C)C2CCC2(C)C(c3ccoc3)CC3OC321.Cl. The van der Waals surface area contributed by atoms with Crippen LogP contribution in [0.1, 0.15) is 93.8 Å². The lowest BCUT2D eigenvalue weighted by molar-refractivity contribution is -0.162. The van der Waals surface area contributed by atoms with Gasteiger partial charge in [0.2, 0.25) is 5.78 Å². The van der Waals surface area contributed by atoms with Crippen molar-refractivity contribution < 1.29 is 46.6 Å². The molecule has 57 heavy (non-hydrogen) atoms. The third kappa shape index (κ3) is 6.67. The molecule has 1 spiro atoms. The van der Waals surface area contributed by atoms with Gasteiger partial charge in [0.05, 0.1) is 40.6 Å². The van der Waals surface area contributed by atoms with Crippen LogP contribution in [0.5, 0.6) is 0 Å². The van der Waals surface area contributed by atoms with Crippen LogP contribution >= 0.6 is 12.4 Å². The van der Waals surface area contributed by atoms with Crippen LogP contribution in [0.3, 0.4) is 0 Å². The summed E-state index contributed by atoms with van der Waals surface area (Å²) in [5.74, 6) is -0.707. The maximum atomic E-state index is 14.0. The second-order valence-corrected chi connectivity index (χ2v) is 17.3. The molecule has 0 radical (unpaired) electrons. The molecular weight excluding hydrogens is 759 g/mol. The van der Waals surface area contributed by atoms with Crippen LogP contribution in [0, 0.1) is 27.6 Å². The van der Waals surface area contributed by atoms with Gasteiger partial charge in [-0.15, -0.1) is 12.4 Å². The van der Waals surface area contributed by atoms with Crippen LogP contribution in [-0.4, -0.2) is 53.5 Å². The number of aliphatic hydroxyl groups excluding tert-OH is 1. The summed E-state index contributed by atoms with van der Waals surface area (Å²) < 4.78 is 55.1. The number of hydrogen-bond donors (Lipinski definition) is 2. The quantitative estimate of drug-likeness (QED) is 0.131. The first-order valence-electron chi connectivity index (χ1n) is 19.4. The van der Waals surface area contributed by atoms with Gasteiger partial charge in [0.1, 0.15) is 12.2 Å². The molecule has 3 fully saturated rings. The number of aliphatic hydroxyl groups is 1. The number of esters is 1. The number of epoxide rings is 1. The Kier molecular flexibility index (Phi) is 11.1. The molecule has 1 aromatic heterocycles. The Morgan fingerprint density at radius 2 is 1.75 bits per heavy atom. The third-order valence-corrected chi connectivity index (χ3v) is 13.8. The Hall–Kier alpha value is -4.19. The van der Waals surface area contributed by atoms with Gasteiger partial charge in [-0.05, 0) is 112 Å². The number of furan rings is 1. The highest BCUT2D eigenvalue weighted by molar-refractivity contribution is 6.06. The molecule has 2 aromatic carbocycles. The fourth-order valence-corrected chi connectivity index (χ4v) is 11.2. The van der Waals surface area contributed by atoms with Gasteiger partial charge in [-0.1, -0.05) is 56.3 Å². The Morgan fingerprint density at radius 3 is 2.42 bits per heavy atom. The van der Waals surface area contributed by atoms with Crippen molar-refractivity contribution in [3.05, 3.63) is 119 Å². The van der Waals surface area contributed by atoms with E-state index in [0.717, 1.165) is 31.4 Å². The predicted octanol–water partition coefficient (Wildman–Crippen LogP) is 9.40. The molecule has 0 amide bonds. The normalized spacial score (nSPS) is 32.4. The monoisotopic (exact) mass is 809 g/mol. The molecule has 8 nitrogen and oxygen atoms in total. The Bertz CT molecular complexity index is 2080. The van der Waals surface area contributed by atoms with Crippen molar-refractivity contribution in [3.8, 4) is 0 Å². The molecule has 8 unspecified atom stereocenters. The van der Waals surface area contributed by atoms with Crippen molar-refractivity contribution in [2.24, 2.45) is 27.6 Å². The topological polar surface area (TPSA) is 118 Å². The van der Waals surface area contributed by atoms with Crippen molar-refractivity contribution in [3.63, 3.8) is 0 Å². The van der Waals surface area contributed by atoms with Gasteiger partial charge in [-0.3, -0.25) is 9.59 Å². The van der Waals surface area contributed by atoms with Gasteiger partial charge in [-0.2, -0.15) is 13.2 Å². The second kappa shape index (κ2) is 14.9. The molecule has 4 aliphatic carbocycles. The number of benzene rings is 2. The first kappa shape index (κ1) is 42.4. The summed E-state index contributed by atoms with van der Waals surface area (Å²) >= 11 is 0. The molecule has 306 valence electrons. The van der Waals surface area contributed by atoms with E-state index in [1.54, 1.807) is 42.7 Å². The highest BCUT2D eigenvalue weighted by Crippen LogP contribution is 2.81. The minimum atomic E-state index is -4.34. The lowest BCUT2D eigenvalue weighted by Crippen LogP contribution is -2.66. The minimum Gasteiger partial charge on any atom is -0.504 e. The Balaban J connectivity index is 0.000000195. The largest absolute Gasteiger partial charge is 0.504 e. The van der Waals surface area contributed by atoms with Gasteiger partial charge in [-0.25, -0.2) is 4.79 Å². The van der Waals surface area contributed by atoms with Crippen molar-refractivity contribution in [1.82, 2.24) is 5.32 Å². The third-order valence-electron chi connectivity index (χ3n) is 13.8. The van der Waals surface area contributed by atoms with Gasteiger partial charge >= 0.3 is 12.1 Å². The molecule has 8 rings (SSSR count).